The number of hydrogen-bond donors (Lipinski definition) is 0. The Bertz CT molecular complexity index is 648. The summed E-state index contributed by atoms with van der Waals surface area (Å²) in [6, 6.07) is 0. The lowest BCUT2D eigenvalue weighted by molar-refractivity contribution is -0.702. The van der Waals surface area contributed by atoms with E-state index in [-0.39, 0.29) is 0 Å². The van der Waals surface area contributed by atoms with Crippen molar-refractivity contribution in [3.05, 3.63) is 18.2 Å². The Morgan fingerprint density at radius 3 is 1.02 bits per heavy atom. The van der Waals surface area contributed by atoms with E-state index in [4.69, 9.17) is 0 Å². The predicted molar refractivity (Wildman–Crippen MR) is 188 cm³/mol. The van der Waals surface area contributed by atoms with E-state index < -0.39 is 0 Å². The fourth-order valence-electron chi connectivity index (χ4n) is 6.67. The van der Waals surface area contributed by atoms with Crippen molar-refractivity contribution in [1.29, 1.82) is 0 Å². The van der Waals surface area contributed by atoms with Crippen LogP contribution in [0.2, 0.25) is 0 Å². The molecular formula is C40H79N2+. The lowest BCUT2D eigenvalue weighted by atomic mass is 10.0. The van der Waals surface area contributed by atoms with Crippen molar-refractivity contribution in [2.24, 2.45) is 0 Å². The summed E-state index contributed by atoms with van der Waals surface area (Å²) in [5, 5.41) is 0. The normalized spacial score (nSPS) is 11.6. The maximum Gasteiger partial charge on any atom is 0.253 e. The Hall–Kier alpha value is -0.790. The molecule has 1 aromatic rings. The molecule has 1 aromatic heterocycles. The number of hydrogen-bond acceptors (Lipinski definition) is 0. The first kappa shape index (κ1) is 39.2. The van der Waals surface area contributed by atoms with Crippen molar-refractivity contribution >= 4 is 0 Å². The maximum absolute atomic E-state index is 2.50. The molecule has 0 fully saturated rings. The molecule has 0 radical (unpaired) electrons. The molecule has 1 heterocycles. The molecule has 2 nitrogen and oxygen atoms in total. The van der Waals surface area contributed by atoms with Gasteiger partial charge in [-0.2, -0.15) is 0 Å². The summed E-state index contributed by atoms with van der Waals surface area (Å²) in [6.45, 7) is 9.34. The van der Waals surface area contributed by atoms with Crippen molar-refractivity contribution in [3.8, 4) is 0 Å². The highest BCUT2D eigenvalue weighted by Gasteiger charge is 2.11. The van der Waals surface area contributed by atoms with Gasteiger partial charge in [-0.3, -0.25) is 0 Å². The molecule has 0 spiro atoms. The molecule has 0 saturated carbocycles. The Labute approximate surface area is 266 Å². The molecule has 0 bridgehead atoms. The molecule has 0 saturated heterocycles. The molecule has 2 heteroatoms. The van der Waals surface area contributed by atoms with Crippen LogP contribution in [-0.2, 0) is 13.1 Å². The van der Waals surface area contributed by atoms with Crippen molar-refractivity contribution in [3.63, 3.8) is 0 Å². The van der Waals surface area contributed by atoms with Crippen LogP contribution in [0.5, 0.6) is 0 Å². The van der Waals surface area contributed by atoms with E-state index in [9.17, 15) is 0 Å². The predicted octanol–water partition coefficient (Wildman–Crippen LogP) is 13.6. The van der Waals surface area contributed by atoms with Crippen LogP contribution in [0.4, 0.5) is 0 Å². The van der Waals surface area contributed by atoms with Crippen LogP contribution in [0.1, 0.15) is 225 Å². The molecule has 0 unspecified atom stereocenters. The number of aryl methyl sites for hydroxylation is 2. The third-order valence-corrected chi connectivity index (χ3v) is 9.76. The number of nitrogens with zero attached hydrogens (tertiary/aromatic N) is 2. The van der Waals surface area contributed by atoms with Crippen molar-refractivity contribution < 1.29 is 4.57 Å². The van der Waals surface area contributed by atoms with Crippen molar-refractivity contribution in [1.82, 2.24) is 4.57 Å². The first-order valence-electron chi connectivity index (χ1n) is 19.8. The van der Waals surface area contributed by atoms with Crippen LogP contribution in [0, 0.1) is 6.92 Å². The highest BCUT2D eigenvalue weighted by molar-refractivity contribution is 4.79. The summed E-state index contributed by atoms with van der Waals surface area (Å²) in [4.78, 5) is 0. The van der Waals surface area contributed by atoms with E-state index >= 15 is 0 Å². The van der Waals surface area contributed by atoms with Gasteiger partial charge in [0.15, 0.2) is 0 Å². The summed E-state index contributed by atoms with van der Waals surface area (Å²) in [7, 11) is 0. The average molecular weight is 588 g/mol. The van der Waals surface area contributed by atoms with Gasteiger partial charge in [0.05, 0.1) is 13.1 Å². The van der Waals surface area contributed by atoms with Gasteiger partial charge in [-0.05, 0) is 25.7 Å². The molecule has 0 N–H and O–H groups in total. The average Bonchev–Trinajstić information content (AvgIpc) is 3.35. The van der Waals surface area contributed by atoms with Crippen molar-refractivity contribution in [2.45, 2.75) is 239 Å². The molecular weight excluding hydrogens is 508 g/mol. The lowest BCUT2D eigenvalue weighted by Crippen LogP contribution is -2.35. The van der Waals surface area contributed by atoms with Crippen LogP contribution in [0.15, 0.2) is 12.4 Å². The zero-order chi connectivity index (χ0) is 30.2. The fraction of sp³-hybridized carbons (Fsp3) is 0.925. The zero-order valence-electron chi connectivity index (χ0n) is 29.6. The van der Waals surface area contributed by atoms with Gasteiger partial charge in [0, 0.05) is 6.92 Å². The first-order valence-corrected chi connectivity index (χ1v) is 19.8. The molecule has 0 aliphatic heterocycles. The molecule has 0 atom stereocenters. The second-order valence-corrected chi connectivity index (χ2v) is 13.8. The molecule has 0 aliphatic rings. The minimum absolute atomic E-state index is 1.20. The zero-order valence-corrected chi connectivity index (χ0v) is 29.6. The molecule has 1 rings (SSSR count). The number of aromatic nitrogens is 2. The maximum atomic E-state index is 2.50. The summed E-state index contributed by atoms with van der Waals surface area (Å²) in [5.41, 5.74) is 0. The van der Waals surface area contributed by atoms with Crippen LogP contribution in [0.25, 0.3) is 0 Å². The van der Waals surface area contributed by atoms with Crippen molar-refractivity contribution in [2.75, 3.05) is 0 Å². The first-order chi connectivity index (χ1) is 20.8. The number of rotatable bonds is 34. The number of imidazole rings is 1. The third kappa shape index (κ3) is 24.6. The van der Waals surface area contributed by atoms with Gasteiger partial charge in [0.2, 0.25) is 0 Å². The Morgan fingerprint density at radius 2 is 0.690 bits per heavy atom. The summed E-state index contributed by atoms with van der Waals surface area (Å²) in [6.07, 6.45) is 50.9. The standard InChI is InChI=1S/C40H79N2/c1-4-6-8-10-12-14-16-18-20-21-23-25-27-29-31-33-35-37-42-39-38-41(40(42)3)36-34-32-30-28-26-24-22-19-17-15-13-11-9-7-5-2/h38-39H,4-37H2,1-3H3/q+1. The van der Waals surface area contributed by atoms with Crippen LogP contribution in [-0.4, -0.2) is 4.57 Å². The quantitative estimate of drug-likeness (QED) is 0.0560. The van der Waals surface area contributed by atoms with E-state index in [1.165, 1.54) is 224 Å². The highest BCUT2D eigenvalue weighted by atomic mass is 15.1. The Morgan fingerprint density at radius 1 is 0.405 bits per heavy atom. The second-order valence-electron chi connectivity index (χ2n) is 13.8. The molecule has 248 valence electrons. The molecule has 42 heavy (non-hydrogen) atoms. The minimum Gasteiger partial charge on any atom is -0.234 e. The number of unbranched alkanes of at least 4 members (excludes halogenated alkanes) is 30. The van der Waals surface area contributed by atoms with Gasteiger partial charge in [0.25, 0.3) is 5.82 Å². The highest BCUT2D eigenvalue weighted by Crippen LogP contribution is 2.15. The third-order valence-electron chi connectivity index (χ3n) is 9.76. The summed E-state index contributed by atoms with van der Waals surface area (Å²) in [5.74, 6) is 1.46. The van der Waals surface area contributed by atoms with E-state index in [0.717, 1.165) is 0 Å². The molecule has 0 aromatic carbocycles. The lowest BCUT2D eigenvalue weighted by Gasteiger charge is -2.04. The van der Waals surface area contributed by atoms with Gasteiger partial charge in [-0.15, -0.1) is 0 Å². The van der Waals surface area contributed by atoms with Gasteiger partial charge in [0.1, 0.15) is 12.4 Å². The van der Waals surface area contributed by atoms with Gasteiger partial charge in [-0.1, -0.05) is 194 Å². The van der Waals surface area contributed by atoms with Crippen LogP contribution in [0.3, 0.4) is 0 Å². The minimum atomic E-state index is 1.20. The van der Waals surface area contributed by atoms with Gasteiger partial charge >= 0.3 is 0 Å². The van der Waals surface area contributed by atoms with E-state index in [2.05, 4.69) is 42.3 Å². The second kappa shape index (κ2) is 31.6. The van der Waals surface area contributed by atoms with Gasteiger partial charge < -0.3 is 0 Å². The topological polar surface area (TPSA) is 8.81 Å². The largest absolute Gasteiger partial charge is 0.253 e. The summed E-state index contributed by atoms with van der Waals surface area (Å²) < 4.78 is 4.99. The van der Waals surface area contributed by atoms with Gasteiger partial charge in [-0.25, -0.2) is 9.13 Å². The molecule has 0 aliphatic carbocycles. The molecule has 0 amide bonds. The Balaban J connectivity index is 1.85. The van der Waals surface area contributed by atoms with Crippen LogP contribution < -0.4 is 4.57 Å². The summed E-state index contributed by atoms with van der Waals surface area (Å²) >= 11 is 0. The fourth-order valence-corrected chi connectivity index (χ4v) is 6.67. The van der Waals surface area contributed by atoms with Crippen LogP contribution >= 0.6 is 0 Å². The van der Waals surface area contributed by atoms with E-state index in [0.29, 0.717) is 0 Å². The van der Waals surface area contributed by atoms with E-state index in [1.54, 1.807) is 0 Å². The Kier molecular flexibility index (Phi) is 29.5. The van der Waals surface area contributed by atoms with E-state index in [1.807, 2.05) is 0 Å². The SMILES string of the molecule is CCCCCCCCCCCCCCCCCCC[n+]1ccn(CCCCCCCCCCCCCCCCC)c1C. The smallest absolute Gasteiger partial charge is 0.234 e. The monoisotopic (exact) mass is 588 g/mol.